The molecular formula is C23H26F2N4O3S. The third-order valence-corrected chi connectivity index (χ3v) is 5.84. The number of benzene rings is 2. The average Bonchev–Trinajstić information content (AvgIpc) is 3.14. The summed E-state index contributed by atoms with van der Waals surface area (Å²) in [6.45, 7) is 3.32. The molecule has 33 heavy (non-hydrogen) atoms. The molecule has 0 aliphatic heterocycles. The predicted octanol–water partition coefficient (Wildman–Crippen LogP) is 4.25. The lowest BCUT2D eigenvalue weighted by molar-refractivity contribution is -0.118. The first-order chi connectivity index (χ1) is 15.8. The van der Waals surface area contributed by atoms with Crippen molar-refractivity contribution in [1.29, 1.82) is 0 Å². The number of hydrogen-bond acceptors (Lipinski definition) is 6. The lowest BCUT2D eigenvalue weighted by atomic mass is 10.1. The largest absolute Gasteiger partial charge is 0.493 e. The Balaban J connectivity index is 1.57. The molecule has 2 aromatic carbocycles. The molecule has 0 atom stereocenters. The van der Waals surface area contributed by atoms with Gasteiger partial charge in [-0.15, -0.1) is 10.2 Å². The first-order valence-electron chi connectivity index (χ1n) is 10.3. The summed E-state index contributed by atoms with van der Waals surface area (Å²) >= 11 is 1.30. The second kappa shape index (κ2) is 11.1. The molecule has 0 unspecified atom stereocenters. The Morgan fingerprint density at radius 2 is 1.91 bits per heavy atom. The molecule has 0 saturated heterocycles. The number of hydrogen-bond donors (Lipinski definition) is 1. The van der Waals surface area contributed by atoms with Crippen molar-refractivity contribution in [2.24, 2.45) is 0 Å². The molecular weight excluding hydrogens is 450 g/mol. The minimum absolute atomic E-state index is 0.0342. The number of nitrogens with one attached hydrogen (secondary N) is 1. The third-order valence-electron chi connectivity index (χ3n) is 4.91. The second-order valence-electron chi connectivity index (χ2n) is 7.41. The number of carbonyl (C=O) groups is 1. The van der Waals surface area contributed by atoms with E-state index in [1.54, 1.807) is 12.1 Å². The van der Waals surface area contributed by atoms with Gasteiger partial charge in [-0.25, -0.2) is 0 Å². The van der Waals surface area contributed by atoms with Crippen LogP contribution in [0.2, 0.25) is 0 Å². The number of methoxy groups -OCH3 is 1. The summed E-state index contributed by atoms with van der Waals surface area (Å²) in [5.74, 6) is 0.945. The molecule has 0 saturated carbocycles. The number of halogens is 2. The summed E-state index contributed by atoms with van der Waals surface area (Å²) in [5, 5.41) is 11.9. The molecule has 0 fully saturated rings. The molecule has 3 aromatic rings. The fourth-order valence-corrected chi connectivity index (χ4v) is 4.09. The zero-order valence-electron chi connectivity index (χ0n) is 18.9. The zero-order valence-corrected chi connectivity index (χ0v) is 19.7. The zero-order chi connectivity index (χ0) is 24.0. The van der Waals surface area contributed by atoms with Crippen LogP contribution >= 0.6 is 11.8 Å². The molecule has 1 N–H and O–H groups in total. The lowest BCUT2D eigenvalue weighted by Crippen LogP contribution is -2.27. The van der Waals surface area contributed by atoms with Crippen LogP contribution in [0.1, 0.15) is 22.5 Å². The first-order valence-corrected chi connectivity index (χ1v) is 11.3. The third kappa shape index (κ3) is 6.44. The minimum atomic E-state index is -2.94. The quantitative estimate of drug-likeness (QED) is 0.441. The van der Waals surface area contributed by atoms with Gasteiger partial charge in [0.1, 0.15) is 5.82 Å². The molecule has 0 aliphatic rings. The lowest BCUT2D eigenvalue weighted by Gasteiger charge is -2.13. The standard InChI is InChI=1S/C23H26F2N4O3S/c1-14-5-6-15(2)18(11-14)29-16(3)27-28-23(29)33-13-21(30)26-10-9-17-7-8-19(31-4)20(12-17)32-22(24)25/h5-8,11-12,22H,9-10,13H2,1-4H3,(H,26,30). The Morgan fingerprint density at radius 1 is 1.12 bits per heavy atom. The highest BCUT2D eigenvalue weighted by atomic mass is 32.2. The van der Waals surface area contributed by atoms with Crippen LogP contribution in [0, 0.1) is 20.8 Å². The topological polar surface area (TPSA) is 78.3 Å². The number of aryl methyl sites for hydroxylation is 3. The molecule has 7 nitrogen and oxygen atoms in total. The van der Waals surface area contributed by atoms with E-state index in [0.717, 1.165) is 28.2 Å². The van der Waals surface area contributed by atoms with Crippen molar-refractivity contribution in [3.8, 4) is 17.2 Å². The van der Waals surface area contributed by atoms with E-state index in [1.165, 1.54) is 24.9 Å². The van der Waals surface area contributed by atoms with Gasteiger partial charge in [0.2, 0.25) is 5.91 Å². The van der Waals surface area contributed by atoms with Gasteiger partial charge in [-0.05, 0) is 62.1 Å². The number of thioether (sulfide) groups is 1. The van der Waals surface area contributed by atoms with Crippen molar-refractivity contribution in [1.82, 2.24) is 20.1 Å². The fraction of sp³-hybridized carbons (Fsp3) is 0.348. The average molecular weight is 477 g/mol. The van der Waals surface area contributed by atoms with Gasteiger partial charge in [-0.2, -0.15) is 8.78 Å². The van der Waals surface area contributed by atoms with E-state index in [9.17, 15) is 13.6 Å². The van der Waals surface area contributed by atoms with Crippen molar-refractivity contribution in [2.75, 3.05) is 19.4 Å². The molecule has 1 aromatic heterocycles. The Labute approximate surface area is 195 Å². The number of rotatable bonds is 10. The van der Waals surface area contributed by atoms with Crippen molar-refractivity contribution in [3.05, 3.63) is 58.9 Å². The van der Waals surface area contributed by atoms with Crippen LogP contribution in [-0.4, -0.2) is 46.7 Å². The van der Waals surface area contributed by atoms with Crippen LogP contribution in [0.15, 0.2) is 41.6 Å². The van der Waals surface area contributed by atoms with Crippen LogP contribution in [0.3, 0.4) is 0 Å². The Bertz CT molecular complexity index is 1120. The minimum Gasteiger partial charge on any atom is -0.493 e. The molecule has 0 bridgehead atoms. The van der Waals surface area contributed by atoms with Gasteiger partial charge in [0, 0.05) is 6.54 Å². The van der Waals surface area contributed by atoms with Crippen molar-refractivity contribution in [3.63, 3.8) is 0 Å². The number of alkyl halides is 2. The van der Waals surface area contributed by atoms with E-state index in [0.29, 0.717) is 18.1 Å². The fourth-order valence-electron chi connectivity index (χ4n) is 3.27. The number of aromatic nitrogens is 3. The maximum atomic E-state index is 12.6. The van der Waals surface area contributed by atoms with Crippen LogP contribution in [0.25, 0.3) is 5.69 Å². The van der Waals surface area contributed by atoms with Gasteiger partial charge in [0.25, 0.3) is 0 Å². The van der Waals surface area contributed by atoms with E-state index in [-0.39, 0.29) is 23.2 Å². The van der Waals surface area contributed by atoms with Gasteiger partial charge in [-0.1, -0.05) is 30.0 Å². The number of carbonyl (C=O) groups excluding carboxylic acids is 1. The van der Waals surface area contributed by atoms with Gasteiger partial charge in [0.05, 0.1) is 18.6 Å². The number of amides is 1. The van der Waals surface area contributed by atoms with Gasteiger partial charge < -0.3 is 14.8 Å². The molecule has 1 heterocycles. The van der Waals surface area contributed by atoms with Crippen LogP contribution < -0.4 is 14.8 Å². The molecule has 0 radical (unpaired) electrons. The normalized spacial score (nSPS) is 11.0. The molecule has 10 heteroatoms. The summed E-state index contributed by atoms with van der Waals surface area (Å²) in [6.07, 6.45) is 0.456. The predicted molar refractivity (Wildman–Crippen MR) is 123 cm³/mol. The smallest absolute Gasteiger partial charge is 0.387 e. The van der Waals surface area contributed by atoms with Crippen LogP contribution in [0.5, 0.6) is 11.5 Å². The van der Waals surface area contributed by atoms with E-state index < -0.39 is 6.61 Å². The molecule has 0 spiro atoms. The summed E-state index contributed by atoms with van der Waals surface area (Å²) < 4.78 is 36.6. The molecule has 0 aliphatic carbocycles. The molecule has 176 valence electrons. The highest BCUT2D eigenvalue weighted by Crippen LogP contribution is 2.29. The van der Waals surface area contributed by atoms with Gasteiger partial charge >= 0.3 is 6.61 Å². The first kappa shape index (κ1) is 24.5. The van der Waals surface area contributed by atoms with E-state index >= 15 is 0 Å². The van der Waals surface area contributed by atoms with Crippen LogP contribution in [0.4, 0.5) is 8.78 Å². The number of ether oxygens (including phenoxy) is 2. The Morgan fingerprint density at radius 3 is 2.64 bits per heavy atom. The summed E-state index contributed by atoms with van der Waals surface area (Å²) in [7, 11) is 1.38. The van der Waals surface area contributed by atoms with Crippen molar-refractivity contribution < 1.29 is 23.0 Å². The monoisotopic (exact) mass is 476 g/mol. The summed E-state index contributed by atoms with van der Waals surface area (Å²) in [5.41, 5.74) is 3.94. The van der Waals surface area contributed by atoms with Crippen molar-refractivity contribution >= 4 is 17.7 Å². The maximum Gasteiger partial charge on any atom is 0.387 e. The molecule has 1 amide bonds. The van der Waals surface area contributed by atoms with Crippen LogP contribution in [-0.2, 0) is 11.2 Å². The number of nitrogens with zero attached hydrogens (tertiary/aromatic N) is 3. The second-order valence-corrected chi connectivity index (χ2v) is 8.35. The van der Waals surface area contributed by atoms with E-state index in [4.69, 9.17) is 4.74 Å². The van der Waals surface area contributed by atoms with Gasteiger partial charge in [-0.3, -0.25) is 9.36 Å². The molecule has 3 rings (SSSR count). The van der Waals surface area contributed by atoms with E-state index in [2.05, 4.69) is 26.3 Å². The SMILES string of the molecule is COc1ccc(CCNC(=O)CSc2nnc(C)n2-c2cc(C)ccc2C)cc1OC(F)F. The summed E-state index contributed by atoms with van der Waals surface area (Å²) in [6, 6.07) is 10.9. The maximum absolute atomic E-state index is 12.6. The Kier molecular flexibility index (Phi) is 8.26. The van der Waals surface area contributed by atoms with E-state index in [1.807, 2.05) is 37.5 Å². The highest BCUT2D eigenvalue weighted by molar-refractivity contribution is 7.99. The highest BCUT2D eigenvalue weighted by Gasteiger charge is 2.15. The summed E-state index contributed by atoms with van der Waals surface area (Å²) in [4.78, 5) is 12.4. The Hall–Kier alpha value is -3.14. The van der Waals surface area contributed by atoms with Gasteiger partial charge in [0.15, 0.2) is 16.7 Å². The van der Waals surface area contributed by atoms with Crippen molar-refractivity contribution in [2.45, 2.75) is 39.0 Å².